The molecule has 0 aliphatic carbocycles. The van der Waals surface area contributed by atoms with E-state index < -0.39 is 5.97 Å². The average molecular weight is 426 g/mol. The largest absolute Gasteiger partial charge is 0.461 e. The van der Waals surface area contributed by atoms with Gasteiger partial charge in [-0.25, -0.2) is 9.78 Å². The highest BCUT2D eigenvalue weighted by molar-refractivity contribution is 6.34. The number of pyridine rings is 1. The van der Waals surface area contributed by atoms with Crippen LogP contribution in [0.5, 0.6) is 0 Å². The highest BCUT2D eigenvalue weighted by Gasteiger charge is 2.20. The zero-order valence-electron chi connectivity index (χ0n) is 17.0. The summed E-state index contributed by atoms with van der Waals surface area (Å²) in [4.78, 5) is 31.1. The van der Waals surface area contributed by atoms with Gasteiger partial charge in [-0.1, -0.05) is 24.9 Å². The van der Waals surface area contributed by atoms with E-state index >= 15 is 0 Å². The molecule has 0 aliphatic rings. The number of nitrogens with two attached hydrogens (primary N) is 1. The number of unbranched alkanes of at least 4 members (excludes halogenated alkanes) is 1. The fourth-order valence-corrected chi connectivity index (χ4v) is 3.36. The molecule has 2 N–H and O–H groups in total. The molecule has 3 aromatic rings. The molecule has 1 heterocycles. The third-order valence-corrected chi connectivity index (χ3v) is 4.91. The van der Waals surface area contributed by atoms with Crippen molar-refractivity contribution >= 4 is 51.4 Å². The van der Waals surface area contributed by atoms with Crippen LogP contribution in [0.25, 0.3) is 10.9 Å². The van der Waals surface area contributed by atoms with Crippen LogP contribution in [-0.2, 0) is 9.53 Å². The van der Waals surface area contributed by atoms with E-state index in [-0.39, 0.29) is 23.2 Å². The summed E-state index contributed by atoms with van der Waals surface area (Å²) in [6, 6.07) is 14.2. The van der Waals surface area contributed by atoms with Crippen molar-refractivity contribution < 1.29 is 14.3 Å². The Kier molecular flexibility index (Phi) is 6.90. The number of halogens is 1. The molecule has 1 aromatic heterocycles. The van der Waals surface area contributed by atoms with Gasteiger partial charge in [-0.2, -0.15) is 0 Å². The molecular formula is C23H24ClN3O3. The van der Waals surface area contributed by atoms with E-state index in [1.54, 1.807) is 42.2 Å². The van der Waals surface area contributed by atoms with Crippen LogP contribution < -0.4 is 10.6 Å². The Morgan fingerprint density at radius 2 is 1.77 bits per heavy atom. The van der Waals surface area contributed by atoms with E-state index in [0.717, 1.165) is 18.5 Å². The number of aromatic nitrogens is 1. The van der Waals surface area contributed by atoms with Gasteiger partial charge in [0, 0.05) is 28.9 Å². The third kappa shape index (κ3) is 4.71. The molecule has 0 radical (unpaired) electrons. The van der Waals surface area contributed by atoms with Crippen molar-refractivity contribution in [1.82, 2.24) is 4.98 Å². The fourth-order valence-electron chi connectivity index (χ4n) is 3.12. The van der Waals surface area contributed by atoms with Crippen molar-refractivity contribution in [2.24, 2.45) is 0 Å². The lowest BCUT2D eigenvalue weighted by Gasteiger charge is -2.24. The number of ether oxygens (including phenoxy) is 1. The topological polar surface area (TPSA) is 85.5 Å². The lowest BCUT2D eigenvalue weighted by atomic mass is 10.1. The van der Waals surface area contributed by atoms with Gasteiger partial charge < -0.3 is 10.5 Å². The third-order valence-electron chi connectivity index (χ3n) is 4.62. The van der Waals surface area contributed by atoms with Crippen LogP contribution in [0.4, 0.5) is 17.1 Å². The Hall–Kier alpha value is -3.12. The SMILES string of the molecule is CCCCC(=O)N(c1ccc(N)cc1)c1ccc2nc(C(=O)OCC)c(Cl)cc2c1. The van der Waals surface area contributed by atoms with Gasteiger partial charge in [0.25, 0.3) is 0 Å². The maximum atomic E-state index is 13.0. The summed E-state index contributed by atoms with van der Waals surface area (Å²) in [6.07, 6.45) is 2.16. The van der Waals surface area contributed by atoms with Gasteiger partial charge in [0.1, 0.15) is 0 Å². The van der Waals surface area contributed by atoms with Crippen molar-refractivity contribution in [3.63, 3.8) is 0 Å². The lowest BCUT2D eigenvalue weighted by molar-refractivity contribution is -0.118. The molecule has 0 fully saturated rings. The molecule has 6 nitrogen and oxygen atoms in total. The monoisotopic (exact) mass is 425 g/mol. The van der Waals surface area contributed by atoms with E-state index in [0.29, 0.717) is 28.7 Å². The van der Waals surface area contributed by atoms with Gasteiger partial charge in [-0.05, 0) is 61.9 Å². The van der Waals surface area contributed by atoms with Crippen LogP contribution in [-0.4, -0.2) is 23.5 Å². The highest BCUT2D eigenvalue weighted by Crippen LogP contribution is 2.31. The van der Waals surface area contributed by atoms with E-state index in [4.69, 9.17) is 22.1 Å². The molecule has 0 saturated heterocycles. The summed E-state index contributed by atoms with van der Waals surface area (Å²) in [6.45, 7) is 4.01. The minimum Gasteiger partial charge on any atom is -0.461 e. The van der Waals surface area contributed by atoms with Crippen molar-refractivity contribution in [2.45, 2.75) is 33.1 Å². The Bertz CT molecular complexity index is 1070. The number of hydrogen-bond acceptors (Lipinski definition) is 5. The van der Waals surface area contributed by atoms with Gasteiger partial charge >= 0.3 is 5.97 Å². The predicted molar refractivity (Wildman–Crippen MR) is 120 cm³/mol. The molecule has 156 valence electrons. The molecule has 30 heavy (non-hydrogen) atoms. The maximum absolute atomic E-state index is 13.0. The summed E-state index contributed by atoms with van der Waals surface area (Å²) in [5, 5.41) is 0.920. The minimum absolute atomic E-state index is 0.0110. The van der Waals surface area contributed by atoms with E-state index in [2.05, 4.69) is 4.98 Å². The Morgan fingerprint density at radius 1 is 1.07 bits per heavy atom. The first-order valence-corrected chi connectivity index (χ1v) is 10.3. The molecule has 0 aliphatic heterocycles. The molecular weight excluding hydrogens is 402 g/mol. The van der Waals surface area contributed by atoms with Crippen LogP contribution in [0.15, 0.2) is 48.5 Å². The normalized spacial score (nSPS) is 10.8. The number of esters is 1. The van der Waals surface area contributed by atoms with E-state index in [9.17, 15) is 9.59 Å². The number of fused-ring (bicyclic) bond motifs is 1. The van der Waals surface area contributed by atoms with E-state index in [1.165, 1.54) is 0 Å². The van der Waals surface area contributed by atoms with Gasteiger partial charge in [0.05, 0.1) is 17.1 Å². The van der Waals surface area contributed by atoms with Crippen molar-refractivity contribution in [1.29, 1.82) is 0 Å². The van der Waals surface area contributed by atoms with Gasteiger partial charge in [-0.15, -0.1) is 0 Å². The minimum atomic E-state index is -0.563. The number of carbonyl (C=O) groups is 2. The Balaban J connectivity index is 2.05. The van der Waals surface area contributed by atoms with Crippen LogP contribution in [0.3, 0.4) is 0 Å². The van der Waals surface area contributed by atoms with Crippen LogP contribution in [0, 0.1) is 0 Å². The summed E-state index contributed by atoms with van der Waals surface area (Å²) >= 11 is 6.27. The van der Waals surface area contributed by atoms with Gasteiger partial charge in [-0.3, -0.25) is 9.69 Å². The molecule has 7 heteroatoms. The standard InChI is InChI=1S/C23H24ClN3O3/c1-3-5-6-21(28)27(17-9-7-16(25)8-10-17)18-11-12-20-15(13-18)14-19(24)22(26-20)23(29)30-4-2/h7-14H,3-6,25H2,1-2H3. The number of rotatable bonds is 7. The number of nitrogen functional groups attached to an aromatic ring is 1. The number of carbonyl (C=O) groups excluding carboxylic acids is 2. The zero-order valence-corrected chi connectivity index (χ0v) is 17.8. The van der Waals surface area contributed by atoms with Crippen molar-refractivity contribution in [2.75, 3.05) is 17.2 Å². The summed E-state index contributed by atoms with van der Waals surface area (Å²) in [5.41, 5.74) is 8.52. The molecule has 0 spiro atoms. The van der Waals surface area contributed by atoms with Crippen LogP contribution in [0.2, 0.25) is 5.02 Å². The summed E-state index contributed by atoms with van der Waals surface area (Å²) in [5.74, 6) is -0.574. The smallest absolute Gasteiger partial charge is 0.358 e. The predicted octanol–water partition coefficient (Wildman–Crippen LogP) is 5.50. The number of anilines is 3. The molecule has 3 rings (SSSR count). The number of hydrogen-bond donors (Lipinski definition) is 1. The molecule has 1 amide bonds. The Labute approximate surface area is 180 Å². The highest BCUT2D eigenvalue weighted by atomic mass is 35.5. The second kappa shape index (κ2) is 9.59. The lowest BCUT2D eigenvalue weighted by Crippen LogP contribution is -2.25. The number of amides is 1. The first-order valence-electron chi connectivity index (χ1n) is 9.90. The van der Waals surface area contributed by atoms with E-state index in [1.807, 2.05) is 25.1 Å². The van der Waals surface area contributed by atoms with Crippen LogP contribution in [0.1, 0.15) is 43.6 Å². The van der Waals surface area contributed by atoms with Crippen molar-refractivity contribution in [3.05, 3.63) is 59.2 Å². The molecule has 0 saturated carbocycles. The number of nitrogens with zero attached hydrogens (tertiary/aromatic N) is 2. The quantitative estimate of drug-likeness (QED) is 0.399. The first kappa shape index (κ1) is 21.6. The fraction of sp³-hybridized carbons (Fsp3) is 0.261. The Morgan fingerprint density at radius 3 is 2.43 bits per heavy atom. The van der Waals surface area contributed by atoms with Crippen LogP contribution >= 0.6 is 11.6 Å². The molecule has 2 aromatic carbocycles. The zero-order chi connectivity index (χ0) is 21.7. The molecule has 0 unspecified atom stereocenters. The first-order chi connectivity index (χ1) is 14.4. The summed E-state index contributed by atoms with van der Waals surface area (Å²) in [7, 11) is 0. The maximum Gasteiger partial charge on any atom is 0.358 e. The summed E-state index contributed by atoms with van der Waals surface area (Å²) < 4.78 is 5.01. The van der Waals surface area contributed by atoms with Gasteiger partial charge in [0.2, 0.25) is 5.91 Å². The molecule has 0 atom stereocenters. The average Bonchev–Trinajstić information content (AvgIpc) is 2.73. The second-order valence-corrected chi connectivity index (χ2v) is 7.25. The molecule has 0 bridgehead atoms. The number of benzene rings is 2. The second-order valence-electron chi connectivity index (χ2n) is 6.84. The van der Waals surface area contributed by atoms with Crippen molar-refractivity contribution in [3.8, 4) is 0 Å². The van der Waals surface area contributed by atoms with Gasteiger partial charge in [0.15, 0.2) is 5.69 Å².